The predicted octanol–water partition coefficient (Wildman–Crippen LogP) is 4.37. The predicted molar refractivity (Wildman–Crippen MR) is 111 cm³/mol. The van der Waals surface area contributed by atoms with Crippen LogP contribution in [0.2, 0.25) is 0 Å². The number of hydrogen-bond acceptors (Lipinski definition) is 5. The van der Waals surface area contributed by atoms with Crippen LogP contribution in [0.25, 0.3) is 6.08 Å². The number of hydrogen-bond donors (Lipinski definition) is 1. The average Bonchev–Trinajstić information content (AvgIpc) is 2.79. The summed E-state index contributed by atoms with van der Waals surface area (Å²) in [4.78, 5) is 12.1. The van der Waals surface area contributed by atoms with Gasteiger partial charge in [0, 0.05) is 6.54 Å². The van der Waals surface area contributed by atoms with Gasteiger partial charge in [0.2, 0.25) is 0 Å². The first-order valence-corrected chi connectivity index (χ1v) is 9.60. The van der Waals surface area contributed by atoms with Crippen LogP contribution in [0, 0.1) is 5.82 Å². The summed E-state index contributed by atoms with van der Waals surface area (Å²) in [5, 5.41) is 2.74. The van der Waals surface area contributed by atoms with Crippen LogP contribution in [0.15, 0.2) is 23.7 Å². The van der Waals surface area contributed by atoms with Crippen molar-refractivity contribution in [3.63, 3.8) is 0 Å². The molecule has 0 aromatic heterocycles. The van der Waals surface area contributed by atoms with Crippen molar-refractivity contribution in [2.45, 2.75) is 65.3 Å². The largest absolute Gasteiger partial charge is 0.494 e. The van der Waals surface area contributed by atoms with E-state index in [0.717, 1.165) is 0 Å². The number of alkyl carbamates (subject to hydrolysis) is 1. The van der Waals surface area contributed by atoms with Crippen LogP contribution >= 0.6 is 0 Å². The average molecular weight is 407 g/mol. The van der Waals surface area contributed by atoms with Gasteiger partial charge in [-0.15, -0.1) is 0 Å². The number of rotatable bonds is 5. The molecule has 0 saturated carbocycles. The molecule has 0 radical (unpaired) electrons. The number of carbonyl (C=O) groups excluding carboxylic acids is 1. The van der Waals surface area contributed by atoms with Crippen LogP contribution in [-0.2, 0) is 14.0 Å². The maximum atomic E-state index is 13.8. The molecule has 1 amide bonds. The molecule has 1 aromatic carbocycles. The molecule has 1 aromatic rings. The third kappa shape index (κ3) is 5.96. The third-order valence-corrected chi connectivity index (χ3v) is 4.92. The lowest BCUT2D eigenvalue weighted by Crippen LogP contribution is -2.41. The molecule has 0 atom stereocenters. The minimum Gasteiger partial charge on any atom is -0.494 e. The van der Waals surface area contributed by atoms with Crippen molar-refractivity contribution in [2.75, 3.05) is 13.7 Å². The number of carbonyl (C=O) groups is 1. The van der Waals surface area contributed by atoms with Gasteiger partial charge < -0.3 is 24.1 Å². The maximum absolute atomic E-state index is 13.8. The molecule has 1 aliphatic rings. The van der Waals surface area contributed by atoms with E-state index in [2.05, 4.69) is 5.32 Å². The van der Waals surface area contributed by atoms with Crippen molar-refractivity contribution in [3.05, 3.63) is 35.1 Å². The lowest BCUT2D eigenvalue weighted by molar-refractivity contribution is 0.00578. The number of amides is 1. The number of methoxy groups -OCH3 is 1. The minimum atomic E-state index is -0.675. The fourth-order valence-electron chi connectivity index (χ4n) is 2.67. The van der Waals surface area contributed by atoms with Crippen LogP contribution in [0.3, 0.4) is 0 Å². The fourth-order valence-corrected chi connectivity index (χ4v) is 2.67. The summed E-state index contributed by atoms with van der Waals surface area (Å²) < 4.78 is 36.4. The Bertz CT molecular complexity index is 770. The molecular formula is C21H31BFNO5. The van der Waals surface area contributed by atoms with Gasteiger partial charge in [-0.05, 0) is 71.6 Å². The summed E-state index contributed by atoms with van der Waals surface area (Å²) in [5.74, 6) is -0.319. The fraction of sp³-hybridized carbons (Fsp3) is 0.571. The van der Waals surface area contributed by atoms with E-state index in [1.54, 1.807) is 39.0 Å². The standard InChI is InChI=1S/C21H31BFNO5/c1-19(2,3)27-18(25)24-13-15(22-28-20(4,5)21(6,7)29-22)11-14-9-10-16(23)17(12-14)26-8/h9-12H,13H2,1-8H3,(H,24,25). The highest BCUT2D eigenvalue weighted by atomic mass is 19.1. The van der Waals surface area contributed by atoms with Gasteiger partial charge in [0.25, 0.3) is 0 Å². The smallest absolute Gasteiger partial charge is 0.492 e. The van der Waals surface area contributed by atoms with Crippen molar-refractivity contribution in [1.82, 2.24) is 5.32 Å². The minimum absolute atomic E-state index is 0.132. The maximum Gasteiger partial charge on any atom is 0.492 e. The zero-order chi connectivity index (χ0) is 22.0. The quantitative estimate of drug-likeness (QED) is 0.735. The van der Waals surface area contributed by atoms with E-state index in [1.807, 2.05) is 27.7 Å². The van der Waals surface area contributed by atoms with E-state index in [0.29, 0.717) is 11.0 Å². The topological polar surface area (TPSA) is 66.0 Å². The molecule has 0 unspecified atom stereocenters. The Morgan fingerprint density at radius 3 is 2.31 bits per heavy atom. The molecule has 1 heterocycles. The Balaban J connectivity index is 2.30. The highest BCUT2D eigenvalue weighted by Crippen LogP contribution is 2.38. The summed E-state index contributed by atoms with van der Waals surface area (Å²) in [6.45, 7) is 13.3. The van der Waals surface area contributed by atoms with Gasteiger partial charge in [-0.25, -0.2) is 9.18 Å². The monoisotopic (exact) mass is 407 g/mol. The van der Waals surface area contributed by atoms with Crippen molar-refractivity contribution in [3.8, 4) is 5.75 Å². The van der Waals surface area contributed by atoms with Crippen LogP contribution in [0.4, 0.5) is 9.18 Å². The zero-order valence-corrected chi connectivity index (χ0v) is 18.5. The Morgan fingerprint density at radius 2 is 1.79 bits per heavy atom. The van der Waals surface area contributed by atoms with E-state index in [9.17, 15) is 9.18 Å². The molecule has 160 valence electrons. The number of benzene rings is 1. The Kier molecular flexibility index (Phi) is 6.70. The van der Waals surface area contributed by atoms with Crippen molar-refractivity contribution < 1.29 is 28.0 Å². The Labute approximate surface area is 172 Å². The second-order valence-corrected chi connectivity index (χ2v) is 9.06. The van der Waals surface area contributed by atoms with Gasteiger partial charge in [0.15, 0.2) is 11.6 Å². The van der Waals surface area contributed by atoms with Crippen LogP contribution in [0.1, 0.15) is 54.0 Å². The Hall–Kier alpha value is -2.06. The molecule has 0 spiro atoms. The number of halogens is 1. The first-order valence-electron chi connectivity index (χ1n) is 9.60. The summed E-state index contributed by atoms with van der Waals surface area (Å²) in [7, 11) is 0.733. The highest BCUT2D eigenvalue weighted by molar-refractivity contribution is 6.56. The van der Waals surface area contributed by atoms with E-state index in [-0.39, 0.29) is 12.3 Å². The summed E-state index contributed by atoms with van der Waals surface area (Å²) in [5.41, 5.74) is -0.322. The highest BCUT2D eigenvalue weighted by Gasteiger charge is 2.52. The van der Waals surface area contributed by atoms with E-state index < -0.39 is 35.8 Å². The molecule has 1 aliphatic heterocycles. The summed E-state index contributed by atoms with van der Waals surface area (Å²) in [6.07, 6.45) is 1.25. The molecule has 0 bridgehead atoms. The van der Waals surface area contributed by atoms with Crippen LogP contribution in [0.5, 0.6) is 5.75 Å². The SMILES string of the molecule is COc1cc(C=C(CNC(=O)OC(C)(C)C)B2OC(C)(C)C(C)(C)O2)ccc1F. The first-order chi connectivity index (χ1) is 13.2. The van der Waals surface area contributed by atoms with Gasteiger partial charge in [-0.2, -0.15) is 0 Å². The Morgan fingerprint density at radius 1 is 1.21 bits per heavy atom. The molecule has 1 saturated heterocycles. The summed E-state index contributed by atoms with van der Waals surface area (Å²) in [6, 6.07) is 4.53. The molecule has 1 fully saturated rings. The van der Waals surface area contributed by atoms with E-state index in [4.69, 9.17) is 18.8 Å². The molecule has 1 N–H and O–H groups in total. The molecule has 2 rings (SSSR count). The molecule has 0 aliphatic carbocycles. The van der Waals surface area contributed by atoms with Crippen LogP contribution in [-0.4, -0.2) is 43.7 Å². The lowest BCUT2D eigenvalue weighted by Gasteiger charge is -2.32. The molecule has 29 heavy (non-hydrogen) atoms. The van der Waals surface area contributed by atoms with Gasteiger partial charge in [0.05, 0.1) is 18.3 Å². The number of nitrogens with one attached hydrogen (secondary N) is 1. The van der Waals surface area contributed by atoms with Gasteiger partial charge >= 0.3 is 13.2 Å². The van der Waals surface area contributed by atoms with Gasteiger partial charge in [0.1, 0.15) is 5.60 Å². The van der Waals surface area contributed by atoms with Crippen molar-refractivity contribution in [2.24, 2.45) is 0 Å². The first kappa shape index (κ1) is 23.2. The van der Waals surface area contributed by atoms with Gasteiger partial charge in [-0.3, -0.25) is 0 Å². The molecule has 8 heteroatoms. The van der Waals surface area contributed by atoms with Crippen LogP contribution < -0.4 is 10.1 Å². The van der Waals surface area contributed by atoms with Crippen molar-refractivity contribution in [1.29, 1.82) is 0 Å². The number of ether oxygens (including phenoxy) is 2. The summed E-state index contributed by atoms with van der Waals surface area (Å²) >= 11 is 0. The molecular weight excluding hydrogens is 376 g/mol. The van der Waals surface area contributed by atoms with E-state index in [1.165, 1.54) is 13.2 Å². The zero-order valence-electron chi connectivity index (χ0n) is 18.5. The second-order valence-electron chi connectivity index (χ2n) is 9.06. The van der Waals surface area contributed by atoms with E-state index >= 15 is 0 Å². The normalized spacial score (nSPS) is 18.5. The molecule has 6 nitrogen and oxygen atoms in total. The lowest BCUT2D eigenvalue weighted by atomic mass is 9.77. The third-order valence-electron chi connectivity index (χ3n) is 4.92. The second kappa shape index (κ2) is 8.36. The van der Waals surface area contributed by atoms with Crippen molar-refractivity contribution >= 4 is 19.3 Å². The van der Waals surface area contributed by atoms with Gasteiger partial charge in [-0.1, -0.05) is 12.1 Å².